The molecule has 16 heavy (non-hydrogen) atoms. The van der Waals surface area contributed by atoms with Crippen molar-refractivity contribution < 1.29 is 0 Å². The second-order valence-corrected chi connectivity index (χ2v) is 5.54. The summed E-state index contributed by atoms with van der Waals surface area (Å²) in [6, 6.07) is 0. The number of aromatic nitrogens is 2. The van der Waals surface area contributed by atoms with Crippen LogP contribution in [0, 0.1) is 24.7 Å². The highest BCUT2D eigenvalue weighted by Crippen LogP contribution is 2.47. The molecule has 2 aliphatic carbocycles. The Morgan fingerprint density at radius 2 is 2.38 bits per heavy atom. The first kappa shape index (κ1) is 10.3. The summed E-state index contributed by atoms with van der Waals surface area (Å²) < 4.78 is 0. The van der Waals surface area contributed by atoms with Crippen LogP contribution in [-0.2, 0) is 6.54 Å². The van der Waals surface area contributed by atoms with Crippen LogP contribution in [0.3, 0.4) is 0 Å². The van der Waals surface area contributed by atoms with Crippen molar-refractivity contribution in [3.8, 4) is 0 Å². The molecule has 3 heteroatoms. The van der Waals surface area contributed by atoms with Crippen molar-refractivity contribution in [2.24, 2.45) is 17.8 Å². The van der Waals surface area contributed by atoms with Crippen molar-refractivity contribution in [1.29, 1.82) is 0 Å². The number of nitrogens with one attached hydrogen (secondary N) is 2. The molecule has 0 saturated heterocycles. The molecule has 2 fully saturated rings. The van der Waals surface area contributed by atoms with Gasteiger partial charge < -0.3 is 10.3 Å². The summed E-state index contributed by atoms with van der Waals surface area (Å²) in [6.45, 7) is 4.19. The molecule has 0 aliphatic heterocycles. The zero-order valence-electron chi connectivity index (χ0n) is 10.00. The molecule has 3 nitrogen and oxygen atoms in total. The van der Waals surface area contributed by atoms with Gasteiger partial charge in [0.1, 0.15) is 0 Å². The van der Waals surface area contributed by atoms with Crippen molar-refractivity contribution in [1.82, 2.24) is 15.3 Å². The minimum Gasteiger partial charge on any atom is -0.348 e. The molecular weight excluding hydrogens is 198 g/mol. The molecule has 2 saturated carbocycles. The Morgan fingerprint density at radius 1 is 1.44 bits per heavy atom. The van der Waals surface area contributed by atoms with E-state index in [1.165, 1.54) is 43.6 Å². The van der Waals surface area contributed by atoms with Crippen molar-refractivity contribution in [3.05, 3.63) is 17.7 Å². The first-order chi connectivity index (χ1) is 7.83. The molecule has 2 N–H and O–H groups in total. The summed E-state index contributed by atoms with van der Waals surface area (Å²) in [5.41, 5.74) is 2.36. The topological polar surface area (TPSA) is 40.7 Å². The van der Waals surface area contributed by atoms with Crippen LogP contribution in [0.5, 0.6) is 0 Å². The number of H-pyrrole nitrogens is 1. The molecule has 3 rings (SSSR count). The van der Waals surface area contributed by atoms with E-state index in [-0.39, 0.29) is 0 Å². The van der Waals surface area contributed by atoms with Crippen LogP contribution in [0.2, 0.25) is 0 Å². The van der Waals surface area contributed by atoms with E-state index in [0.717, 1.165) is 24.3 Å². The van der Waals surface area contributed by atoms with Crippen molar-refractivity contribution >= 4 is 0 Å². The van der Waals surface area contributed by atoms with Gasteiger partial charge in [-0.1, -0.05) is 6.42 Å². The maximum atomic E-state index is 4.31. The standard InChI is InChI=1S/C13H21N3/c1-9-13(16-8-15-9)7-14-6-12-5-10-2-3-11(12)4-10/h8,10-12,14H,2-7H2,1H3,(H,15,16). The van der Waals surface area contributed by atoms with Crippen LogP contribution in [0.25, 0.3) is 0 Å². The third-order valence-corrected chi connectivity index (χ3v) is 4.52. The fraction of sp³-hybridized carbons (Fsp3) is 0.769. The fourth-order valence-electron chi connectivity index (χ4n) is 3.57. The molecule has 88 valence electrons. The third-order valence-electron chi connectivity index (χ3n) is 4.52. The van der Waals surface area contributed by atoms with Gasteiger partial charge in [-0.3, -0.25) is 0 Å². The minimum absolute atomic E-state index is 0.920. The van der Waals surface area contributed by atoms with Gasteiger partial charge in [0.25, 0.3) is 0 Å². The van der Waals surface area contributed by atoms with Gasteiger partial charge in [0, 0.05) is 12.2 Å². The molecule has 2 aliphatic rings. The number of aryl methyl sites for hydroxylation is 1. The Morgan fingerprint density at radius 3 is 3.00 bits per heavy atom. The molecule has 1 aromatic heterocycles. The van der Waals surface area contributed by atoms with Gasteiger partial charge in [0.15, 0.2) is 0 Å². The quantitative estimate of drug-likeness (QED) is 0.815. The third kappa shape index (κ3) is 1.88. The Bertz CT molecular complexity index is 358. The molecule has 2 bridgehead atoms. The molecular formula is C13H21N3. The first-order valence-electron chi connectivity index (χ1n) is 6.52. The number of fused-ring (bicyclic) bond motifs is 2. The van der Waals surface area contributed by atoms with Crippen LogP contribution in [0.1, 0.15) is 37.1 Å². The Balaban J connectivity index is 1.46. The van der Waals surface area contributed by atoms with Crippen LogP contribution in [0.15, 0.2) is 6.33 Å². The number of nitrogens with zero attached hydrogens (tertiary/aromatic N) is 1. The van der Waals surface area contributed by atoms with Crippen molar-refractivity contribution in [2.45, 2.75) is 39.2 Å². The van der Waals surface area contributed by atoms with E-state index in [1.807, 2.05) is 0 Å². The van der Waals surface area contributed by atoms with Crippen LogP contribution < -0.4 is 5.32 Å². The second kappa shape index (κ2) is 4.21. The lowest BCUT2D eigenvalue weighted by molar-refractivity contribution is 0.318. The summed E-state index contributed by atoms with van der Waals surface area (Å²) >= 11 is 0. The zero-order chi connectivity index (χ0) is 11.0. The highest BCUT2D eigenvalue weighted by atomic mass is 14.9. The molecule has 3 unspecified atom stereocenters. The molecule has 3 atom stereocenters. The number of hydrogen-bond donors (Lipinski definition) is 2. The molecule has 0 radical (unpaired) electrons. The monoisotopic (exact) mass is 219 g/mol. The minimum atomic E-state index is 0.920. The lowest BCUT2D eigenvalue weighted by Crippen LogP contribution is -2.26. The average molecular weight is 219 g/mol. The Hall–Kier alpha value is -0.830. The van der Waals surface area contributed by atoms with Gasteiger partial charge in [0.05, 0.1) is 12.0 Å². The lowest BCUT2D eigenvalue weighted by Gasteiger charge is -2.21. The maximum absolute atomic E-state index is 4.31. The largest absolute Gasteiger partial charge is 0.348 e. The van der Waals surface area contributed by atoms with E-state index in [1.54, 1.807) is 6.33 Å². The normalized spacial score (nSPS) is 32.4. The van der Waals surface area contributed by atoms with Crippen LogP contribution in [-0.4, -0.2) is 16.5 Å². The highest BCUT2D eigenvalue weighted by Gasteiger charge is 2.38. The number of hydrogen-bond acceptors (Lipinski definition) is 2. The van der Waals surface area contributed by atoms with E-state index in [9.17, 15) is 0 Å². The van der Waals surface area contributed by atoms with E-state index in [4.69, 9.17) is 0 Å². The SMILES string of the molecule is Cc1[nH]cnc1CNCC1CC2CCC1C2. The summed E-state index contributed by atoms with van der Waals surface area (Å²) in [6.07, 6.45) is 7.74. The van der Waals surface area contributed by atoms with Gasteiger partial charge in [-0.25, -0.2) is 4.98 Å². The van der Waals surface area contributed by atoms with Crippen molar-refractivity contribution in [2.75, 3.05) is 6.54 Å². The number of aromatic amines is 1. The molecule has 1 aromatic rings. The molecule has 0 aromatic carbocycles. The van der Waals surface area contributed by atoms with Crippen LogP contribution in [0.4, 0.5) is 0 Å². The van der Waals surface area contributed by atoms with Gasteiger partial charge >= 0.3 is 0 Å². The summed E-state index contributed by atoms with van der Waals surface area (Å²) in [5.74, 6) is 3.03. The number of imidazole rings is 1. The van der Waals surface area contributed by atoms with Gasteiger partial charge in [-0.15, -0.1) is 0 Å². The summed E-state index contributed by atoms with van der Waals surface area (Å²) in [5, 5.41) is 3.57. The molecule has 1 heterocycles. The highest BCUT2D eigenvalue weighted by molar-refractivity contribution is 5.08. The van der Waals surface area contributed by atoms with E-state index in [2.05, 4.69) is 22.2 Å². The van der Waals surface area contributed by atoms with E-state index in [0.29, 0.717) is 0 Å². The average Bonchev–Trinajstić information content (AvgIpc) is 2.96. The predicted molar refractivity (Wildman–Crippen MR) is 64.0 cm³/mol. The van der Waals surface area contributed by atoms with E-state index < -0.39 is 0 Å². The lowest BCUT2D eigenvalue weighted by atomic mass is 9.89. The predicted octanol–water partition coefficient (Wildman–Crippen LogP) is 2.24. The summed E-state index contributed by atoms with van der Waals surface area (Å²) in [7, 11) is 0. The van der Waals surface area contributed by atoms with Crippen molar-refractivity contribution in [3.63, 3.8) is 0 Å². The van der Waals surface area contributed by atoms with E-state index >= 15 is 0 Å². The van der Waals surface area contributed by atoms with Crippen LogP contribution >= 0.6 is 0 Å². The van der Waals surface area contributed by atoms with Gasteiger partial charge in [-0.05, 0) is 50.5 Å². The molecule has 0 amide bonds. The second-order valence-electron chi connectivity index (χ2n) is 5.54. The Labute approximate surface area is 97.0 Å². The fourth-order valence-corrected chi connectivity index (χ4v) is 3.57. The number of rotatable bonds is 4. The van der Waals surface area contributed by atoms with Gasteiger partial charge in [0.2, 0.25) is 0 Å². The summed E-state index contributed by atoms with van der Waals surface area (Å²) in [4.78, 5) is 7.43. The van der Waals surface area contributed by atoms with Gasteiger partial charge in [-0.2, -0.15) is 0 Å². The maximum Gasteiger partial charge on any atom is 0.0925 e. The Kier molecular flexibility index (Phi) is 2.72. The molecule has 0 spiro atoms. The zero-order valence-corrected chi connectivity index (χ0v) is 10.00. The smallest absolute Gasteiger partial charge is 0.0925 e. The first-order valence-corrected chi connectivity index (χ1v) is 6.52.